The quantitative estimate of drug-likeness (QED) is 0.502. The summed E-state index contributed by atoms with van der Waals surface area (Å²) < 4.78 is 0. The van der Waals surface area contributed by atoms with Crippen LogP contribution in [-0.4, -0.2) is 0 Å². The Morgan fingerprint density at radius 2 is 1.07 bits per heavy atom. The van der Waals surface area contributed by atoms with Crippen molar-refractivity contribution in [3.05, 3.63) is 67.6 Å². The van der Waals surface area contributed by atoms with E-state index < -0.39 is 0 Å². The van der Waals surface area contributed by atoms with Gasteiger partial charge in [0.1, 0.15) is 0 Å². The summed E-state index contributed by atoms with van der Waals surface area (Å²) in [7, 11) is 0. The second-order valence-electron chi connectivity index (χ2n) is 2.42. The van der Waals surface area contributed by atoms with Crippen LogP contribution < -0.4 is 0 Å². The first kappa shape index (κ1) is 15.8. The molecule has 0 bridgehead atoms. The maximum atomic E-state index is 3.49. The topological polar surface area (TPSA) is 0 Å². The summed E-state index contributed by atoms with van der Waals surface area (Å²) in [6.07, 6.45) is 1.00. The minimum atomic E-state index is 0. The van der Waals surface area contributed by atoms with Gasteiger partial charge in [-0.2, -0.15) is 42.8 Å². The maximum absolute atomic E-state index is 3.49. The Labute approximate surface area is 100 Å². The predicted octanol–water partition coefficient (Wildman–Crippen LogP) is 4.04. The summed E-state index contributed by atoms with van der Waals surface area (Å²) in [6.45, 7) is 5.50. The first-order chi connectivity index (χ1) is 6.41. The Balaban J connectivity index is 0. The van der Waals surface area contributed by atoms with Crippen LogP contribution in [-0.2, 0) is 19.5 Å². The van der Waals surface area contributed by atoms with E-state index in [0.717, 1.165) is 6.42 Å². The van der Waals surface area contributed by atoms with Crippen LogP contribution in [0.4, 0.5) is 0 Å². The van der Waals surface area contributed by atoms with Crippen molar-refractivity contribution in [1.29, 1.82) is 0 Å². The predicted molar refractivity (Wildman–Crippen MR) is 59.7 cm³/mol. The van der Waals surface area contributed by atoms with Crippen LogP contribution in [0.1, 0.15) is 13.3 Å². The van der Waals surface area contributed by atoms with Crippen molar-refractivity contribution in [2.75, 3.05) is 0 Å². The fraction of sp³-hybridized carbons (Fsp3) is 0.154. The number of hydrogen-bond donors (Lipinski definition) is 0. The summed E-state index contributed by atoms with van der Waals surface area (Å²) in [6, 6.07) is 20.0. The molecule has 0 spiro atoms. The molecule has 0 N–H and O–H groups in total. The zero-order valence-electron chi connectivity index (χ0n) is 8.54. The van der Waals surface area contributed by atoms with E-state index >= 15 is 0 Å². The van der Waals surface area contributed by atoms with E-state index in [2.05, 4.69) is 6.92 Å². The van der Waals surface area contributed by atoms with E-state index in [9.17, 15) is 0 Å². The standard InChI is InChI=1S/2C5H5.C3H7.Ru/c2*1-2-4-5-3-1;1-3-2;/h2*1-5H;1,3H2,2H3;/q3*-1;+3. The molecule has 0 aliphatic heterocycles. The Morgan fingerprint density at radius 3 is 1.14 bits per heavy atom. The van der Waals surface area contributed by atoms with Crippen molar-refractivity contribution in [3.63, 3.8) is 0 Å². The molecule has 0 amide bonds. The maximum Gasteiger partial charge on any atom is 3.00 e. The zero-order valence-corrected chi connectivity index (χ0v) is 10.3. The Bertz CT molecular complexity index is 157. The van der Waals surface area contributed by atoms with E-state index in [1.165, 1.54) is 0 Å². The SMILES string of the molecule is [CH2-]CC.[Ru+3].c1cc[cH-]c1.c1cc[cH-]c1. The largest absolute Gasteiger partial charge is 3.00 e. The van der Waals surface area contributed by atoms with Crippen molar-refractivity contribution in [3.8, 4) is 0 Å². The summed E-state index contributed by atoms with van der Waals surface area (Å²) >= 11 is 0. The van der Waals surface area contributed by atoms with Gasteiger partial charge in [-0.3, -0.25) is 0 Å². The van der Waals surface area contributed by atoms with Gasteiger partial charge in [-0.05, 0) is 0 Å². The molecular weight excluding hydrogens is 257 g/mol. The monoisotopic (exact) mass is 275 g/mol. The molecule has 0 atom stereocenters. The van der Waals surface area contributed by atoms with Crippen molar-refractivity contribution in [2.45, 2.75) is 13.3 Å². The molecule has 1 heteroatoms. The fourth-order valence-corrected chi connectivity index (χ4v) is 0.642. The molecule has 0 aromatic heterocycles. The molecule has 2 aromatic rings. The molecule has 2 rings (SSSR count). The van der Waals surface area contributed by atoms with Crippen molar-refractivity contribution >= 4 is 0 Å². The van der Waals surface area contributed by atoms with E-state index in [1.54, 1.807) is 0 Å². The first-order valence-corrected chi connectivity index (χ1v) is 4.54. The van der Waals surface area contributed by atoms with Crippen LogP contribution in [0.2, 0.25) is 0 Å². The third-order valence-corrected chi connectivity index (χ3v) is 1.11. The Hall–Kier alpha value is -0.677. The minimum Gasteiger partial charge on any atom is -0.344 e. The van der Waals surface area contributed by atoms with Crippen molar-refractivity contribution in [2.24, 2.45) is 0 Å². The van der Waals surface area contributed by atoms with Gasteiger partial charge in [0.2, 0.25) is 0 Å². The van der Waals surface area contributed by atoms with Crippen LogP contribution in [0, 0.1) is 6.92 Å². The molecule has 1 radical (unpaired) electrons. The molecule has 0 saturated heterocycles. The summed E-state index contributed by atoms with van der Waals surface area (Å²) in [4.78, 5) is 0. The molecule has 0 saturated carbocycles. The van der Waals surface area contributed by atoms with Crippen LogP contribution in [0.25, 0.3) is 0 Å². The summed E-state index contributed by atoms with van der Waals surface area (Å²) in [5.74, 6) is 0. The molecule has 14 heavy (non-hydrogen) atoms. The molecule has 0 heterocycles. The zero-order chi connectivity index (χ0) is 9.78. The van der Waals surface area contributed by atoms with Crippen LogP contribution >= 0.6 is 0 Å². The van der Waals surface area contributed by atoms with Gasteiger partial charge in [0.05, 0.1) is 0 Å². The molecule has 0 fully saturated rings. The summed E-state index contributed by atoms with van der Waals surface area (Å²) in [5, 5.41) is 0. The minimum absolute atomic E-state index is 0. The van der Waals surface area contributed by atoms with Gasteiger partial charge in [0.15, 0.2) is 0 Å². The van der Waals surface area contributed by atoms with Crippen LogP contribution in [0.15, 0.2) is 60.7 Å². The molecular formula is C13H17Ru. The number of rotatable bonds is 0. The van der Waals surface area contributed by atoms with Crippen molar-refractivity contribution < 1.29 is 19.5 Å². The second kappa shape index (κ2) is 14.8. The van der Waals surface area contributed by atoms with Crippen LogP contribution in [0.5, 0.6) is 0 Å². The fourth-order valence-electron chi connectivity index (χ4n) is 0.642. The van der Waals surface area contributed by atoms with E-state index in [4.69, 9.17) is 0 Å². The molecule has 0 aliphatic carbocycles. The molecule has 0 unspecified atom stereocenters. The van der Waals surface area contributed by atoms with E-state index in [0.29, 0.717) is 0 Å². The average Bonchev–Trinajstić information content (AvgIpc) is 2.85. The third kappa shape index (κ3) is 13.9. The van der Waals surface area contributed by atoms with E-state index in [-0.39, 0.29) is 19.5 Å². The summed E-state index contributed by atoms with van der Waals surface area (Å²) in [5.41, 5.74) is 0. The van der Waals surface area contributed by atoms with Gasteiger partial charge >= 0.3 is 19.5 Å². The third-order valence-electron chi connectivity index (χ3n) is 1.11. The Morgan fingerprint density at radius 1 is 0.857 bits per heavy atom. The van der Waals surface area contributed by atoms with Gasteiger partial charge < -0.3 is 6.92 Å². The van der Waals surface area contributed by atoms with Gasteiger partial charge in [-0.25, -0.2) is 24.3 Å². The van der Waals surface area contributed by atoms with Gasteiger partial charge in [-0.1, -0.05) is 6.92 Å². The molecule has 2 aromatic carbocycles. The normalized spacial score (nSPS) is 7.00. The van der Waals surface area contributed by atoms with Crippen LogP contribution in [0.3, 0.4) is 0 Å². The van der Waals surface area contributed by atoms with Gasteiger partial charge in [0.25, 0.3) is 0 Å². The average molecular weight is 274 g/mol. The first-order valence-electron chi connectivity index (χ1n) is 4.54. The van der Waals surface area contributed by atoms with Crippen molar-refractivity contribution in [1.82, 2.24) is 0 Å². The molecule has 0 nitrogen and oxygen atoms in total. The van der Waals surface area contributed by atoms with Gasteiger partial charge in [0, 0.05) is 0 Å². The Kier molecular flexibility index (Phi) is 16.7. The number of hydrogen-bond acceptors (Lipinski definition) is 0. The van der Waals surface area contributed by atoms with Gasteiger partial charge in [-0.15, -0.1) is 0 Å². The molecule has 0 aliphatic rings. The van der Waals surface area contributed by atoms with E-state index in [1.807, 2.05) is 67.6 Å². The molecule has 77 valence electrons. The smallest absolute Gasteiger partial charge is 0.344 e. The second-order valence-corrected chi connectivity index (χ2v) is 2.42.